The summed E-state index contributed by atoms with van der Waals surface area (Å²) >= 11 is 5.95. The number of halogens is 2. The molecule has 112 valence electrons. The zero-order chi connectivity index (χ0) is 13.9. The summed E-state index contributed by atoms with van der Waals surface area (Å²) in [6, 6.07) is 7.34. The van der Waals surface area contributed by atoms with Gasteiger partial charge in [-0.3, -0.25) is 4.79 Å². The predicted molar refractivity (Wildman–Crippen MR) is 82.2 cm³/mol. The van der Waals surface area contributed by atoms with Crippen molar-refractivity contribution in [2.45, 2.75) is 31.3 Å². The Kier molecular flexibility index (Phi) is 6.27. The Morgan fingerprint density at radius 3 is 2.70 bits per heavy atom. The quantitative estimate of drug-likeness (QED) is 0.899. The van der Waals surface area contributed by atoms with Crippen molar-refractivity contribution in [3.63, 3.8) is 0 Å². The van der Waals surface area contributed by atoms with Crippen LogP contribution in [0.1, 0.15) is 31.4 Å². The fourth-order valence-corrected chi connectivity index (χ4v) is 2.36. The molecule has 4 nitrogen and oxygen atoms in total. The van der Waals surface area contributed by atoms with Crippen molar-refractivity contribution in [1.82, 2.24) is 5.32 Å². The Morgan fingerprint density at radius 2 is 2.10 bits per heavy atom. The molecule has 0 aromatic heterocycles. The molecule has 1 aliphatic rings. The minimum Gasteiger partial charge on any atom is -0.381 e. The summed E-state index contributed by atoms with van der Waals surface area (Å²) < 4.78 is 5.24. The van der Waals surface area contributed by atoms with Crippen LogP contribution in [0.5, 0.6) is 0 Å². The van der Waals surface area contributed by atoms with Gasteiger partial charge in [0.1, 0.15) is 0 Å². The molecule has 2 rings (SSSR count). The molecule has 1 aromatic carbocycles. The number of nitrogens with two attached hydrogens (primary N) is 1. The molecule has 1 fully saturated rings. The lowest BCUT2D eigenvalue weighted by Gasteiger charge is -2.33. The molecule has 1 amide bonds. The molecule has 1 heterocycles. The second-order valence-corrected chi connectivity index (χ2v) is 5.46. The first-order chi connectivity index (χ1) is 9.01. The molecule has 20 heavy (non-hydrogen) atoms. The highest BCUT2D eigenvalue weighted by Gasteiger charge is 2.36. The van der Waals surface area contributed by atoms with E-state index in [1.165, 1.54) is 0 Å². The third kappa shape index (κ3) is 4.09. The molecule has 0 spiro atoms. The van der Waals surface area contributed by atoms with Gasteiger partial charge in [-0.1, -0.05) is 23.7 Å². The number of nitrogens with one attached hydrogen (secondary N) is 1. The summed E-state index contributed by atoms with van der Waals surface area (Å²) in [6.45, 7) is 3.00. The summed E-state index contributed by atoms with van der Waals surface area (Å²) in [6.07, 6.45) is 1.11. The number of rotatable bonds is 3. The van der Waals surface area contributed by atoms with Gasteiger partial charge >= 0.3 is 0 Å². The minimum absolute atomic E-state index is 0. The number of hydrogen-bond donors (Lipinski definition) is 2. The molecule has 0 aliphatic carbocycles. The van der Waals surface area contributed by atoms with Crippen LogP contribution >= 0.6 is 24.0 Å². The van der Waals surface area contributed by atoms with Gasteiger partial charge < -0.3 is 15.8 Å². The summed E-state index contributed by atoms with van der Waals surface area (Å²) in [7, 11) is 0. The van der Waals surface area contributed by atoms with Crippen LogP contribution in [0.2, 0.25) is 5.02 Å². The fourth-order valence-electron chi connectivity index (χ4n) is 2.16. The van der Waals surface area contributed by atoms with Crippen molar-refractivity contribution in [3.05, 3.63) is 34.9 Å². The van der Waals surface area contributed by atoms with Crippen molar-refractivity contribution < 1.29 is 9.53 Å². The van der Waals surface area contributed by atoms with E-state index in [-0.39, 0.29) is 24.4 Å². The van der Waals surface area contributed by atoms with Crippen LogP contribution in [-0.4, -0.2) is 24.7 Å². The van der Waals surface area contributed by atoms with E-state index < -0.39 is 5.54 Å². The maximum atomic E-state index is 12.3. The second kappa shape index (κ2) is 7.27. The molecule has 1 aliphatic heterocycles. The van der Waals surface area contributed by atoms with E-state index in [4.69, 9.17) is 22.1 Å². The van der Waals surface area contributed by atoms with Gasteiger partial charge in [0.15, 0.2) is 0 Å². The van der Waals surface area contributed by atoms with Gasteiger partial charge in [0.05, 0.1) is 11.6 Å². The van der Waals surface area contributed by atoms with E-state index in [1.54, 1.807) is 0 Å². The molecule has 0 saturated carbocycles. The predicted octanol–water partition coefficient (Wildman–Crippen LogP) is 2.45. The lowest BCUT2D eigenvalue weighted by molar-refractivity contribution is -0.130. The first kappa shape index (κ1) is 17.2. The highest BCUT2D eigenvalue weighted by atomic mass is 35.5. The third-order valence-electron chi connectivity index (χ3n) is 3.53. The molecular weight excluding hydrogens is 299 g/mol. The summed E-state index contributed by atoms with van der Waals surface area (Å²) in [5, 5.41) is 3.61. The lowest BCUT2D eigenvalue weighted by atomic mass is 9.90. The van der Waals surface area contributed by atoms with Gasteiger partial charge in [-0.15, -0.1) is 12.4 Å². The Hall–Kier alpha value is -0.810. The summed E-state index contributed by atoms with van der Waals surface area (Å²) in [5.74, 6) is -0.122. The van der Waals surface area contributed by atoms with Crippen molar-refractivity contribution in [1.29, 1.82) is 0 Å². The Morgan fingerprint density at radius 1 is 1.45 bits per heavy atom. The van der Waals surface area contributed by atoms with Gasteiger partial charge in [0.25, 0.3) is 0 Å². The van der Waals surface area contributed by atoms with Gasteiger partial charge in [-0.05, 0) is 37.5 Å². The maximum Gasteiger partial charge on any atom is 0.240 e. The Labute approximate surface area is 130 Å². The van der Waals surface area contributed by atoms with Crippen molar-refractivity contribution in [2.24, 2.45) is 5.73 Å². The maximum absolute atomic E-state index is 12.3. The van der Waals surface area contributed by atoms with Crippen LogP contribution in [0, 0.1) is 0 Å². The van der Waals surface area contributed by atoms with Crippen LogP contribution < -0.4 is 11.1 Å². The van der Waals surface area contributed by atoms with Crippen LogP contribution in [0.25, 0.3) is 0 Å². The number of hydrogen-bond acceptors (Lipinski definition) is 3. The van der Waals surface area contributed by atoms with E-state index in [2.05, 4.69) is 5.32 Å². The Bertz CT molecular complexity index is 462. The highest BCUT2D eigenvalue weighted by molar-refractivity contribution is 6.30. The van der Waals surface area contributed by atoms with Crippen molar-refractivity contribution in [3.8, 4) is 0 Å². The Balaban J connectivity index is 0.00000200. The monoisotopic (exact) mass is 318 g/mol. The minimum atomic E-state index is -0.814. The first-order valence-electron chi connectivity index (χ1n) is 6.44. The van der Waals surface area contributed by atoms with Gasteiger partial charge in [0.2, 0.25) is 5.91 Å². The van der Waals surface area contributed by atoms with Crippen molar-refractivity contribution >= 4 is 29.9 Å². The van der Waals surface area contributed by atoms with Crippen LogP contribution in [-0.2, 0) is 9.53 Å². The zero-order valence-corrected chi connectivity index (χ0v) is 13.0. The zero-order valence-electron chi connectivity index (χ0n) is 11.4. The van der Waals surface area contributed by atoms with E-state index in [9.17, 15) is 4.79 Å². The average Bonchev–Trinajstić information content (AvgIpc) is 2.39. The SMILES string of the molecule is CC(NC(=O)C1(N)CCOCC1)c1cccc(Cl)c1.Cl. The van der Waals surface area contributed by atoms with Crippen LogP contribution in [0.3, 0.4) is 0 Å². The topological polar surface area (TPSA) is 64.4 Å². The molecule has 0 radical (unpaired) electrons. The molecule has 3 N–H and O–H groups in total. The number of carbonyl (C=O) groups is 1. The molecule has 1 saturated heterocycles. The molecule has 1 atom stereocenters. The van der Waals surface area contributed by atoms with Crippen LogP contribution in [0.15, 0.2) is 24.3 Å². The number of carbonyl (C=O) groups excluding carboxylic acids is 1. The molecule has 1 unspecified atom stereocenters. The molecule has 6 heteroatoms. The fraction of sp³-hybridized carbons (Fsp3) is 0.500. The van der Waals surface area contributed by atoms with Crippen LogP contribution in [0.4, 0.5) is 0 Å². The smallest absolute Gasteiger partial charge is 0.240 e. The normalized spacial score (nSPS) is 18.8. The van der Waals surface area contributed by atoms with Gasteiger partial charge in [-0.2, -0.15) is 0 Å². The molecule has 0 bridgehead atoms. The molecule has 1 aromatic rings. The van der Waals surface area contributed by atoms with E-state index >= 15 is 0 Å². The first-order valence-corrected chi connectivity index (χ1v) is 6.82. The lowest BCUT2D eigenvalue weighted by Crippen LogP contribution is -2.57. The second-order valence-electron chi connectivity index (χ2n) is 5.02. The average molecular weight is 319 g/mol. The standard InChI is InChI=1S/C14H19ClN2O2.ClH/c1-10(11-3-2-4-12(15)9-11)17-13(18)14(16)5-7-19-8-6-14;/h2-4,9-10H,5-8,16H2,1H3,(H,17,18);1H. The number of ether oxygens (including phenoxy) is 1. The van der Waals surface area contributed by atoms with Crippen molar-refractivity contribution in [2.75, 3.05) is 13.2 Å². The molecular formula is C14H20Cl2N2O2. The van der Waals surface area contributed by atoms with Gasteiger partial charge in [0, 0.05) is 18.2 Å². The number of amides is 1. The number of benzene rings is 1. The van der Waals surface area contributed by atoms with E-state index in [0.29, 0.717) is 31.1 Å². The van der Waals surface area contributed by atoms with E-state index in [0.717, 1.165) is 5.56 Å². The summed E-state index contributed by atoms with van der Waals surface area (Å²) in [5.41, 5.74) is 6.30. The highest BCUT2D eigenvalue weighted by Crippen LogP contribution is 2.21. The van der Waals surface area contributed by atoms with E-state index in [1.807, 2.05) is 31.2 Å². The largest absolute Gasteiger partial charge is 0.381 e. The van der Waals surface area contributed by atoms with Gasteiger partial charge in [-0.25, -0.2) is 0 Å². The summed E-state index contributed by atoms with van der Waals surface area (Å²) in [4.78, 5) is 12.3. The third-order valence-corrected chi connectivity index (χ3v) is 3.77.